The minimum atomic E-state index is 0.123. The van der Waals surface area contributed by atoms with E-state index in [1.54, 1.807) is 6.20 Å². The van der Waals surface area contributed by atoms with Crippen LogP contribution >= 0.6 is 0 Å². The lowest BCUT2D eigenvalue weighted by molar-refractivity contribution is -0.124. The summed E-state index contributed by atoms with van der Waals surface area (Å²) < 4.78 is 0. The van der Waals surface area contributed by atoms with Gasteiger partial charge in [0.15, 0.2) is 5.82 Å². The summed E-state index contributed by atoms with van der Waals surface area (Å²) in [6.45, 7) is 3.94. The number of hydrogen-bond donors (Lipinski definition) is 2. The Bertz CT molecular complexity index is 779. The number of aryl methyl sites for hydroxylation is 1. The van der Waals surface area contributed by atoms with Gasteiger partial charge in [-0.2, -0.15) is 0 Å². The normalized spacial score (nSPS) is 17.0. The van der Waals surface area contributed by atoms with Gasteiger partial charge < -0.3 is 10.6 Å². The highest BCUT2D eigenvalue weighted by atomic mass is 16.2. The molecular formula is C19H24N6O. The Hall–Kier alpha value is -2.54. The van der Waals surface area contributed by atoms with Gasteiger partial charge in [-0.25, -0.2) is 9.97 Å². The van der Waals surface area contributed by atoms with Crippen molar-refractivity contribution in [2.75, 3.05) is 38.0 Å². The van der Waals surface area contributed by atoms with Gasteiger partial charge >= 0.3 is 0 Å². The molecule has 2 N–H and O–H groups in total. The summed E-state index contributed by atoms with van der Waals surface area (Å²) in [7, 11) is 0. The number of piperazine rings is 1. The standard InChI is InChI=1S/C19H24N6O/c26-17-13-25(12-10-21-17)11-4-9-22-18-14-5-3-7-15(14)23-19(24-18)16-6-1-2-8-20-16/h1-2,6,8H,3-5,7,9-13H2,(H,21,26)(H,22,23,24). The van der Waals surface area contributed by atoms with E-state index in [2.05, 4.69) is 20.5 Å². The minimum Gasteiger partial charge on any atom is -0.370 e. The molecule has 7 nitrogen and oxygen atoms in total. The lowest BCUT2D eigenvalue weighted by Crippen LogP contribution is -2.47. The van der Waals surface area contributed by atoms with Gasteiger partial charge in [0.25, 0.3) is 0 Å². The number of pyridine rings is 1. The summed E-state index contributed by atoms with van der Waals surface area (Å²) in [6, 6.07) is 5.81. The highest BCUT2D eigenvalue weighted by molar-refractivity contribution is 5.78. The zero-order chi connectivity index (χ0) is 17.8. The molecule has 136 valence electrons. The quantitative estimate of drug-likeness (QED) is 0.762. The lowest BCUT2D eigenvalue weighted by atomic mass is 10.2. The van der Waals surface area contributed by atoms with Gasteiger partial charge in [-0.1, -0.05) is 6.07 Å². The van der Waals surface area contributed by atoms with E-state index < -0.39 is 0 Å². The number of hydrogen-bond acceptors (Lipinski definition) is 6. The van der Waals surface area contributed by atoms with E-state index in [-0.39, 0.29) is 5.91 Å². The first-order chi connectivity index (χ1) is 12.8. The molecule has 2 aromatic heterocycles. The van der Waals surface area contributed by atoms with Crippen molar-refractivity contribution < 1.29 is 4.79 Å². The van der Waals surface area contributed by atoms with Crippen LogP contribution in [0.2, 0.25) is 0 Å². The van der Waals surface area contributed by atoms with Crippen molar-refractivity contribution in [2.24, 2.45) is 0 Å². The molecule has 0 unspecified atom stereocenters. The summed E-state index contributed by atoms with van der Waals surface area (Å²) in [6.07, 6.45) is 5.92. The fraction of sp³-hybridized carbons (Fsp3) is 0.474. The second kappa shape index (κ2) is 7.78. The van der Waals surface area contributed by atoms with E-state index in [0.29, 0.717) is 12.4 Å². The van der Waals surface area contributed by atoms with E-state index >= 15 is 0 Å². The molecule has 2 aliphatic rings. The molecule has 0 bridgehead atoms. The number of carbonyl (C=O) groups is 1. The van der Waals surface area contributed by atoms with Gasteiger partial charge in [0.2, 0.25) is 5.91 Å². The second-order valence-corrected chi connectivity index (χ2v) is 6.80. The Kier molecular flexibility index (Phi) is 5.06. The monoisotopic (exact) mass is 352 g/mol. The fourth-order valence-corrected chi connectivity index (χ4v) is 3.58. The molecule has 1 saturated heterocycles. The van der Waals surface area contributed by atoms with Crippen molar-refractivity contribution in [2.45, 2.75) is 25.7 Å². The van der Waals surface area contributed by atoms with E-state index in [1.165, 1.54) is 5.56 Å². The molecule has 7 heteroatoms. The molecule has 2 aromatic rings. The Morgan fingerprint density at radius 2 is 2.19 bits per heavy atom. The van der Waals surface area contributed by atoms with E-state index in [9.17, 15) is 4.79 Å². The Morgan fingerprint density at radius 1 is 1.23 bits per heavy atom. The van der Waals surface area contributed by atoms with Gasteiger partial charge in [0.1, 0.15) is 11.5 Å². The molecular weight excluding hydrogens is 328 g/mol. The van der Waals surface area contributed by atoms with Crippen LogP contribution in [0.5, 0.6) is 0 Å². The van der Waals surface area contributed by atoms with Crippen LogP contribution in [0.15, 0.2) is 24.4 Å². The molecule has 0 spiro atoms. The predicted molar refractivity (Wildman–Crippen MR) is 99.8 cm³/mol. The Morgan fingerprint density at radius 3 is 3.04 bits per heavy atom. The topological polar surface area (TPSA) is 83.0 Å². The maximum atomic E-state index is 11.4. The van der Waals surface area contributed by atoms with Crippen molar-refractivity contribution in [3.05, 3.63) is 35.7 Å². The third kappa shape index (κ3) is 3.83. The van der Waals surface area contributed by atoms with Crippen molar-refractivity contribution in [3.8, 4) is 11.5 Å². The summed E-state index contributed by atoms with van der Waals surface area (Å²) in [5.74, 6) is 1.77. The minimum absolute atomic E-state index is 0.123. The Balaban J connectivity index is 1.41. The molecule has 0 aromatic carbocycles. The van der Waals surface area contributed by atoms with Crippen LogP contribution in [0.4, 0.5) is 5.82 Å². The number of aromatic nitrogens is 3. The van der Waals surface area contributed by atoms with Gasteiger partial charge in [-0.3, -0.25) is 14.7 Å². The van der Waals surface area contributed by atoms with Gasteiger partial charge in [0, 0.05) is 43.6 Å². The lowest BCUT2D eigenvalue weighted by Gasteiger charge is -2.26. The van der Waals surface area contributed by atoms with Crippen LogP contribution < -0.4 is 10.6 Å². The SMILES string of the molecule is O=C1CN(CCCNc2nc(-c3ccccn3)nc3c2CCC3)CCN1. The summed E-state index contributed by atoms with van der Waals surface area (Å²) >= 11 is 0. The van der Waals surface area contributed by atoms with E-state index in [0.717, 1.165) is 69.1 Å². The molecule has 4 rings (SSSR count). The molecule has 0 radical (unpaired) electrons. The number of anilines is 1. The van der Waals surface area contributed by atoms with Gasteiger partial charge in [0.05, 0.1) is 6.54 Å². The summed E-state index contributed by atoms with van der Waals surface area (Å²) in [5, 5.41) is 6.36. The molecule has 1 amide bonds. The van der Waals surface area contributed by atoms with Crippen LogP contribution in [-0.2, 0) is 17.6 Å². The zero-order valence-electron chi connectivity index (χ0n) is 14.9. The maximum absolute atomic E-state index is 11.4. The third-order valence-corrected chi connectivity index (χ3v) is 4.89. The van der Waals surface area contributed by atoms with Crippen molar-refractivity contribution >= 4 is 11.7 Å². The fourth-order valence-electron chi connectivity index (χ4n) is 3.58. The van der Waals surface area contributed by atoms with Crippen LogP contribution in [0, 0.1) is 0 Å². The molecule has 1 fully saturated rings. The number of rotatable bonds is 6. The van der Waals surface area contributed by atoms with E-state index in [1.807, 2.05) is 18.2 Å². The average Bonchev–Trinajstić information content (AvgIpc) is 3.15. The largest absolute Gasteiger partial charge is 0.370 e. The number of amides is 1. The second-order valence-electron chi connectivity index (χ2n) is 6.80. The molecule has 0 atom stereocenters. The number of carbonyl (C=O) groups excluding carboxylic acids is 1. The molecule has 1 aliphatic heterocycles. The zero-order valence-corrected chi connectivity index (χ0v) is 14.9. The maximum Gasteiger partial charge on any atom is 0.234 e. The first kappa shape index (κ1) is 16.9. The number of nitrogens with zero attached hydrogens (tertiary/aromatic N) is 4. The predicted octanol–water partition coefficient (Wildman–Crippen LogP) is 1.26. The smallest absolute Gasteiger partial charge is 0.234 e. The molecule has 0 saturated carbocycles. The highest BCUT2D eigenvalue weighted by Gasteiger charge is 2.20. The van der Waals surface area contributed by atoms with Crippen LogP contribution in [0.1, 0.15) is 24.1 Å². The summed E-state index contributed by atoms with van der Waals surface area (Å²) in [5.41, 5.74) is 3.21. The average molecular weight is 352 g/mol. The van der Waals surface area contributed by atoms with Gasteiger partial charge in [-0.05, 0) is 37.8 Å². The van der Waals surface area contributed by atoms with Crippen molar-refractivity contribution in [1.82, 2.24) is 25.2 Å². The highest BCUT2D eigenvalue weighted by Crippen LogP contribution is 2.28. The number of fused-ring (bicyclic) bond motifs is 1. The number of nitrogens with one attached hydrogen (secondary N) is 2. The first-order valence-corrected chi connectivity index (χ1v) is 9.34. The van der Waals surface area contributed by atoms with Crippen molar-refractivity contribution in [1.29, 1.82) is 0 Å². The first-order valence-electron chi connectivity index (χ1n) is 9.34. The molecule has 26 heavy (non-hydrogen) atoms. The molecule has 1 aliphatic carbocycles. The Labute approximate surface area is 153 Å². The van der Waals surface area contributed by atoms with Crippen LogP contribution in [0.25, 0.3) is 11.5 Å². The van der Waals surface area contributed by atoms with Crippen LogP contribution in [0.3, 0.4) is 0 Å². The molecule has 3 heterocycles. The van der Waals surface area contributed by atoms with Crippen molar-refractivity contribution in [3.63, 3.8) is 0 Å². The van der Waals surface area contributed by atoms with Crippen LogP contribution in [-0.4, -0.2) is 58.5 Å². The van der Waals surface area contributed by atoms with E-state index in [4.69, 9.17) is 9.97 Å². The third-order valence-electron chi connectivity index (χ3n) is 4.89. The van der Waals surface area contributed by atoms with Gasteiger partial charge in [-0.15, -0.1) is 0 Å². The summed E-state index contributed by atoms with van der Waals surface area (Å²) in [4.78, 5) is 27.5.